The van der Waals surface area contributed by atoms with Crippen LogP contribution in [0.5, 0.6) is 0 Å². The van der Waals surface area contributed by atoms with Gasteiger partial charge >= 0.3 is 0 Å². The fraction of sp³-hybridized carbons (Fsp3) is 0.439. The molecule has 7 heteroatoms. The van der Waals surface area contributed by atoms with E-state index in [0.717, 1.165) is 61.7 Å². The van der Waals surface area contributed by atoms with Crippen LogP contribution in [0.2, 0.25) is 0 Å². The quantitative estimate of drug-likeness (QED) is 0.146. The van der Waals surface area contributed by atoms with Crippen LogP contribution in [0.3, 0.4) is 0 Å². The third-order valence-corrected chi connectivity index (χ3v) is 11.3. The molecule has 1 fully saturated rings. The maximum Gasteiger partial charge on any atom is 0.203 e. The van der Waals surface area contributed by atoms with Crippen molar-refractivity contribution in [1.29, 1.82) is 0 Å². The fourth-order valence-corrected chi connectivity index (χ4v) is 8.91. The fourth-order valence-electron chi connectivity index (χ4n) is 8.34. The molecule has 4 aromatic rings. The van der Waals surface area contributed by atoms with Gasteiger partial charge in [-0.15, -0.1) is 5.70 Å². The third-order valence-electron chi connectivity index (χ3n) is 10.8. The van der Waals surface area contributed by atoms with Gasteiger partial charge in [0.15, 0.2) is 0 Å². The molecule has 0 saturated carbocycles. The lowest BCUT2D eigenvalue weighted by molar-refractivity contribution is 0.496. The van der Waals surface area contributed by atoms with E-state index in [9.17, 15) is 0 Å². The van der Waals surface area contributed by atoms with Gasteiger partial charge in [-0.05, 0) is 90.0 Å². The second-order valence-electron chi connectivity index (χ2n) is 14.0. The first kappa shape index (κ1) is 31.5. The SMILES string of the molecule is CCCCCN1CCCc2cc(C3=C4[N-]C(c5ccccc5)NC4C(=c4ccc5c(c4)CCC[N+]=5CCCCC)c4nsnc43)ccc21. The minimum absolute atomic E-state index is 0.0644. The number of nitrogens with zero attached hydrogens (tertiary/aromatic N) is 5. The molecular formula is C41H48N6S. The molecule has 0 bridgehead atoms. The minimum atomic E-state index is -0.123. The second-order valence-corrected chi connectivity index (χ2v) is 14.5. The normalized spacial score (nSPS) is 21.0. The Balaban J connectivity index is 1.26. The number of hydrogen-bond acceptors (Lipinski definition) is 5. The molecule has 0 radical (unpaired) electrons. The number of nitrogens with one attached hydrogen (secondary N) is 1. The molecule has 3 aromatic carbocycles. The van der Waals surface area contributed by atoms with E-state index >= 15 is 0 Å². The Morgan fingerprint density at radius 3 is 2.58 bits per heavy atom. The van der Waals surface area contributed by atoms with E-state index < -0.39 is 0 Å². The summed E-state index contributed by atoms with van der Waals surface area (Å²) in [6.07, 6.45) is 12.1. The maximum absolute atomic E-state index is 5.48. The van der Waals surface area contributed by atoms with Gasteiger partial charge in [0.2, 0.25) is 5.36 Å². The summed E-state index contributed by atoms with van der Waals surface area (Å²) < 4.78 is 12.6. The number of unbranched alkanes of at least 4 members (excludes halogenated alkanes) is 4. The summed E-state index contributed by atoms with van der Waals surface area (Å²) >= 11 is 1.33. The first-order valence-electron chi connectivity index (χ1n) is 18.5. The summed E-state index contributed by atoms with van der Waals surface area (Å²) in [5.74, 6) is 0. The number of fused-ring (bicyclic) bond motifs is 4. The molecule has 0 spiro atoms. The molecule has 1 aromatic heterocycles. The van der Waals surface area contributed by atoms with E-state index in [1.807, 2.05) is 0 Å². The van der Waals surface area contributed by atoms with E-state index in [4.69, 9.17) is 14.1 Å². The molecular weight excluding hydrogens is 609 g/mol. The summed E-state index contributed by atoms with van der Waals surface area (Å²) in [5.41, 5.74) is 12.1. The van der Waals surface area contributed by atoms with Crippen LogP contribution in [0.1, 0.15) is 105 Å². The Bertz CT molecular complexity index is 1940. The molecule has 6 nitrogen and oxygen atoms in total. The Morgan fingerprint density at radius 1 is 0.875 bits per heavy atom. The molecule has 0 amide bonds. The van der Waals surface area contributed by atoms with E-state index in [1.54, 1.807) is 0 Å². The summed E-state index contributed by atoms with van der Waals surface area (Å²) in [4.78, 5) is 2.61. The molecule has 3 aliphatic heterocycles. The van der Waals surface area contributed by atoms with Crippen LogP contribution >= 0.6 is 11.7 Å². The molecule has 1 saturated heterocycles. The van der Waals surface area contributed by atoms with Crippen molar-refractivity contribution in [1.82, 2.24) is 18.6 Å². The van der Waals surface area contributed by atoms with Crippen LogP contribution in [0.15, 0.2) is 72.4 Å². The number of aryl methyl sites for hydroxylation is 2. The Labute approximate surface area is 289 Å². The molecule has 248 valence electrons. The van der Waals surface area contributed by atoms with Gasteiger partial charge < -0.3 is 15.5 Å². The standard InChI is InChI=1S/C41H48N6S/c1-3-5-10-22-46-24-12-16-29-26-31(18-20-33(29)46)35-37-38(43-41(42-37)28-14-8-7-9-15-28)36(40-39(35)44-48-45-40)32-19-21-34-30(27-32)17-13-25-47(34)23-11-6-4-2/h7-9,14-15,18-21,26-27,37,41-42H,3-6,10-13,16-17,22-25H2,1-2H3. The highest BCUT2D eigenvalue weighted by Gasteiger charge is 2.36. The lowest BCUT2D eigenvalue weighted by atomic mass is 9.83. The van der Waals surface area contributed by atoms with Crippen LogP contribution in [-0.4, -0.2) is 41.0 Å². The zero-order chi connectivity index (χ0) is 32.5. The van der Waals surface area contributed by atoms with Crippen molar-refractivity contribution >= 4 is 28.6 Å². The van der Waals surface area contributed by atoms with Crippen molar-refractivity contribution in [2.24, 2.45) is 0 Å². The monoisotopic (exact) mass is 656 g/mol. The van der Waals surface area contributed by atoms with Gasteiger partial charge in [0.1, 0.15) is 24.5 Å². The van der Waals surface area contributed by atoms with Crippen molar-refractivity contribution in [2.45, 2.75) is 90.3 Å². The maximum atomic E-state index is 5.48. The number of benzene rings is 3. The van der Waals surface area contributed by atoms with Crippen LogP contribution in [0.25, 0.3) is 16.5 Å². The van der Waals surface area contributed by atoms with E-state index in [2.05, 4.69) is 95.4 Å². The first-order chi connectivity index (χ1) is 23.7. The van der Waals surface area contributed by atoms with E-state index in [0.29, 0.717) is 0 Å². The average Bonchev–Trinajstić information content (AvgIpc) is 3.79. The predicted octanol–water partition coefficient (Wildman–Crippen LogP) is 7.12. The molecule has 2 atom stereocenters. The Morgan fingerprint density at radius 2 is 1.71 bits per heavy atom. The molecule has 4 heterocycles. The molecule has 48 heavy (non-hydrogen) atoms. The number of aromatic nitrogens is 2. The summed E-state index contributed by atoms with van der Waals surface area (Å²) in [7, 11) is 0. The topological polar surface area (TPSA) is 58.2 Å². The zero-order valence-corrected chi connectivity index (χ0v) is 29.4. The Hall–Kier alpha value is -3.81. The van der Waals surface area contributed by atoms with Crippen molar-refractivity contribution in [2.75, 3.05) is 31.1 Å². The van der Waals surface area contributed by atoms with Crippen LogP contribution in [0.4, 0.5) is 5.69 Å². The minimum Gasteiger partial charge on any atom is -0.668 e. The van der Waals surface area contributed by atoms with E-state index in [1.165, 1.54) is 107 Å². The second kappa shape index (κ2) is 14.0. The highest BCUT2D eigenvalue weighted by Crippen LogP contribution is 2.48. The van der Waals surface area contributed by atoms with Crippen LogP contribution in [-0.2, 0) is 12.8 Å². The summed E-state index contributed by atoms with van der Waals surface area (Å²) in [6.45, 7) is 9.17. The first-order valence-corrected chi connectivity index (χ1v) is 19.2. The average molecular weight is 657 g/mol. The van der Waals surface area contributed by atoms with Crippen molar-refractivity contribution in [3.63, 3.8) is 0 Å². The molecule has 4 aliphatic rings. The summed E-state index contributed by atoms with van der Waals surface area (Å²) in [5, 5.41) is 12.1. The summed E-state index contributed by atoms with van der Waals surface area (Å²) in [6, 6.07) is 24.9. The van der Waals surface area contributed by atoms with Crippen LogP contribution < -0.4 is 25.4 Å². The zero-order valence-electron chi connectivity index (χ0n) is 28.5. The third kappa shape index (κ3) is 5.90. The molecule has 1 aliphatic carbocycles. The lowest BCUT2D eigenvalue weighted by Crippen LogP contribution is -2.40. The molecule has 1 N–H and O–H groups in total. The van der Waals surface area contributed by atoms with E-state index in [-0.39, 0.29) is 12.2 Å². The Kier molecular flexibility index (Phi) is 9.15. The molecule has 2 unspecified atom stereocenters. The largest absolute Gasteiger partial charge is 0.668 e. The highest BCUT2D eigenvalue weighted by molar-refractivity contribution is 6.99. The van der Waals surface area contributed by atoms with Gasteiger partial charge in [-0.25, -0.2) is 4.58 Å². The number of rotatable bonds is 10. The highest BCUT2D eigenvalue weighted by atomic mass is 32.1. The number of hydrogen-bond donors (Lipinski definition) is 1. The lowest BCUT2D eigenvalue weighted by Gasteiger charge is -2.34. The van der Waals surface area contributed by atoms with Gasteiger partial charge in [0.05, 0.1) is 11.7 Å². The van der Waals surface area contributed by atoms with Crippen molar-refractivity contribution in [3.8, 4) is 0 Å². The van der Waals surface area contributed by atoms with Gasteiger partial charge in [0, 0.05) is 54.9 Å². The molecule has 8 rings (SSSR count). The van der Waals surface area contributed by atoms with Crippen molar-refractivity contribution < 1.29 is 0 Å². The predicted molar refractivity (Wildman–Crippen MR) is 199 cm³/mol. The smallest absolute Gasteiger partial charge is 0.203 e. The van der Waals surface area contributed by atoms with Gasteiger partial charge in [-0.1, -0.05) is 69.5 Å². The van der Waals surface area contributed by atoms with Gasteiger partial charge in [-0.2, -0.15) is 8.75 Å². The van der Waals surface area contributed by atoms with Crippen LogP contribution in [0, 0.1) is 0 Å². The van der Waals surface area contributed by atoms with Crippen molar-refractivity contribution in [3.05, 3.63) is 122 Å². The van der Waals surface area contributed by atoms with Gasteiger partial charge in [0.25, 0.3) is 0 Å². The van der Waals surface area contributed by atoms with Gasteiger partial charge in [-0.3, -0.25) is 0 Å². The number of anilines is 1.